The number of rotatable bonds is 3. The molecule has 0 unspecified atom stereocenters. The molecule has 16 heavy (non-hydrogen) atoms. The number of aryl methyl sites for hydroxylation is 1. The molecule has 0 amide bonds. The van der Waals surface area contributed by atoms with Gasteiger partial charge in [0.25, 0.3) is 0 Å². The van der Waals surface area contributed by atoms with Gasteiger partial charge in [-0.3, -0.25) is 0 Å². The van der Waals surface area contributed by atoms with E-state index in [1.807, 2.05) is 29.9 Å². The summed E-state index contributed by atoms with van der Waals surface area (Å²) in [5.41, 5.74) is 0.814. The summed E-state index contributed by atoms with van der Waals surface area (Å²) in [5, 5.41) is 9.92. The molecular weight excluding hydrogens is 204 g/mol. The highest BCUT2D eigenvalue weighted by Crippen LogP contribution is 2.30. The number of methoxy groups -OCH3 is 1. The van der Waals surface area contributed by atoms with Gasteiger partial charge in [0, 0.05) is 31.4 Å². The molecule has 1 N–H and O–H groups in total. The van der Waals surface area contributed by atoms with Gasteiger partial charge in [0.15, 0.2) is 11.5 Å². The lowest BCUT2D eigenvalue weighted by atomic mass is 10.1. The second-order valence-corrected chi connectivity index (χ2v) is 3.60. The first-order valence-corrected chi connectivity index (χ1v) is 5.03. The van der Waals surface area contributed by atoms with Crippen LogP contribution in [0.2, 0.25) is 0 Å². The first-order valence-electron chi connectivity index (χ1n) is 5.03. The summed E-state index contributed by atoms with van der Waals surface area (Å²) in [5.74, 6) is 1.59. The maximum absolute atomic E-state index is 9.92. The summed E-state index contributed by atoms with van der Waals surface area (Å²) in [4.78, 5) is 4.22. The predicted molar refractivity (Wildman–Crippen MR) is 60.7 cm³/mol. The number of ether oxygens (including phenoxy) is 1. The molecule has 0 spiro atoms. The van der Waals surface area contributed by atoms with Crippen LogP contribution >= 0.6 is 0 Å². The van der Waals surface area contributed by atoms with E-state index in [0.717, 1.165) is 11.4 Å². The van der Waals surface area contributed by atoms with E-state index in [1.165, 1.54) is 0 Å². The zero-order chi connectivity index (χ0) is 11.5. The third-order valence-electron chi connectivity index (χ3n) is 2.57. The highest BCUT2D eigenvalue weighted by atomic mass is 16.5. The molecule has 0 aliphatic rings. The second kappa shape index (κ2) is 4.26. The summed E-state index contributed by atoms with van der Waals surface area (Å²) >= 11 is 0. The van der Waals surface area contributed by atoms with Crippen molar-refractivity contribution in [1.82, 2.24) is 9.55 Å². The molecule has 0 saturated heterocycles. The number of aromatic hydroxyl groups is 1. The Labute approximate surface area is 94.1 Å². The average molecular weight is 218 g/mol. The Hall–Kier alpha value is -1.97. The molecule has 2 aromatic rings. The zero-order valence-corrected chi connectivity index (χ0v) is 9.34. The molecule has 0 aliphatic carbocycles. The summed E-state index contributed by atoms with van der Waals surface area (Å²) in [6.45, 7) is 0. The number of imidazole rings is 1. The Morgan fingerprint density at radius 1 is 1.44 bits per heavy atom. The first-order chi connectivity index (χ1) is 7.72. The highest BCUT2D eigenvalue weighted by molar-refractivity contribution is 5.46. The molecule has 0 saturated carbocycles. The van der Waals surface area contributed by atoms with E-state index in [2.05, 4.69) is 4.98 Å². The molecule has 0 atom stereocenters. The van der Waals surface area contributed by atoms with Gasteiger partial charge in [-0.1, -0.05) is 12.1 Å². The maximum Gasteiger partial charge on any atom is 0.161 e. The van der Waals surface area contributed by atoms with Crippen LogP contribution in [0.4, 0.5) is 0 Å². The lowest BCUT2D eigenvalue weighted by Crippen LogP contribution is -1.99. The molecule has 84 valence electrons. The van der Waals surface area contributed by atoms with Gasteiger partial charge >= 0.3 is 0 Å². The van der Waals surface area contributed by atoms with E-state index in [4.69, 9.17) is 4.74 Å². The van der Waals surface area contributed by atoms with Gasteiger partial charge in [-0.2, -0.15) is 0 Å². The fourth-order valence-electron chi connectivity index (χ4n) is 1.61. The Morgan fingerprint density at radius 2 is 2.25 bits per heavy atom. The number of hydrogen-bond acceptors (Lipinski definition) is 3. The van der Waals surface area contributed by atoms with E-state index in [9.17, 15) is 5.11 Å². The van der Waals surface area contributed by atoms with Crippen LogP contribution < -0.4 is 4.74 Å². The van der Waals surface area contributed by atoms with Crippen molar-refractivity contribution in [2.45, 2.75) is 6.42 Å². The summed E-state index contributed by atoms with van der Waals surface area (Å²) < 4.78 is 6.99. The van der Waals surface area contributed by atoms with Crippen LogP contribution in [0.15, 0.2) is 30.6 Å². The van der Waals surface area contributed by atoms with Gasteiger partial charge in [-0.05, 0) is 6.07 Å². The van der Waals surface area contributed by atoms with Gasteiger partial charge in [0.2, 0.25) is 0 Å². The minimum absolute atomic E-state index is 0.188. The van der Waals surface area contributed by atoms with Crippen LogP contribution in [0, 0.1) is 0 Å². The van der Waals surface area contributed by atoms with Gasteiger partial charge in [-0.15, -0.1) is 0 Å². The van der Waals surface area contributed by atoms with Gasteiger partial charge < -0.3 is 14.4 Å². The molecule has 0 aliphatic heterocycles. The number of benzene rings is 1. The van der Waals surface area contributed by atoms with Crippen molar-refractivity contribution >= 4 is 0 Å². The van der Waals surface area contributed by atoms with Crippen molar-refractivity contribution in [3.05, 3.63) is 42.0 Å². The van der Waals surface area contributed by atoms with Crippen LogP contribution in [0.5, 0.6) is 11.5 Å². The van der Waals surface area contributed by atoms with Crippen LogP contribution in [-0.4, -0.2) is 21.8 Å². The topological polar surface area (TPSA) is 47.3 Å². The number of nitrogens with zero attached hydrogens (tertiary/aromatic N) is 2. The minimum atomic E-state index is 0.188. The molecule has 4 nitrogen and oxygen atoms in total. The van der Waals surface area contributed by atoms with Crippen LogP contribution in [0.25, 0.3) is 0 Å². The summed E-state index contributed by atoms with van der Waals surface area (Å²) in [6, 6.07) is 5.46. The standard InChI is InChI=1S/C12H14N2O2/c1-14-7-6-13-11(14)8-9-4-3-5-10(16-2)12(9)15/h3-7,15H,8H2,1-2H3. The van der Waals surface area contributed by atoms with E-state index in [-0.39, 0.29) is 5.75 Å². The molecule has 1 aromatic carbocycles. The molecular formula is C12H14N2O2. The molecule has 0 radical (unpaired) electrons. The first kappa shape index (κ1) is 10.5. The van der Waals surface area contributed by atoms with E-state index in [1.54, 1.807) is 19.4 Å². The third-order valence-corrected chi connectivity index (χ3v) is 2.57. The van der Waals surface area contributed by atoms with Crippen LogP contribution in [-0.2, 0) is 13.5 Å². The molecule has 4 heteroatoms. The largest absolute Gasteiger partial charge is 0.504 e. The quantitative estimate of drug-likeness (QED) is 0.853. The van der Waals surface area contributed by atoms with Crippen LogP contribution in [0.3, 0.4) is 0 Å². The number of phenolic OH excluding ortho intramolecular Hbond substituents is 1. The highest BCUT2D eigenvalue weighted by Gasteiger charge is 2.09. The monoisotopic (exact) mass is 218 g/mol. The number of para-hydroxylation sites is 1. The lowest BCUT2D eigenvalue weighted by Gasteiger charge is -2.08. The number of aromatic nitrogens is 2. The van der Waals surface area contributed by atoms with Crippen molar-refractivity contribution < 1.29 is 9.84 Å². The van der Waals surface area contributed by atoms with Gasteiger partial charge in [-0.25, -0.2) is 4.98 Å². The minimum Gasteiger partial charge on any atom is -0.504 e. The Balaban J connectivity index is 2.32. The number of hydrogen-bond donors (Lipinski definition) is 1. The SMILES string of the molecule is COc1cccc(Cc2nccn2C)c1O. The average Bonchev–Trinajstić information content (AvgIpc) is 2.68. The van der Waals surface area contributed by atoms with E-state index >= 15 is 0 Å². The van der Waals surface area contributed by atoms with Crippen molar-refractivity contribution in [2.75, 3.05) is 7.11 Å². The van der Waals surface area contributed by atoms with Gasteiger partial charge in [0.1, 0.15) is 5.82 Å². The lowest BCUT2D eigenvalue weighted by molar-refractivity contribution is 0.371. The molecule has 0 bridgehead atoms. The second-order valence-electron chi connectivity index (χ2n) is 3.60. The van der Waals surface area contributed by atoms with Crippen molar-refractivity contribution in [2.24, 2.45) is 7.05 Å². The summed E-state index contributed by atoms with van der Waals surface area (Å²) in [7, 11) is 3.47. The normalized spacial score (nSPS) is 10.4. The fourth-order valence-corrected chi connectivity index (χ4v) is 1.61. The van der Waals surface area contributed by atoms with E-state index < -0.39 is 0 Å². The van der Waals surface area contributed by atoms with E-state index in [0.29, 0.717) is 12.2 Å². The molecule has 1 aromatic heterocycles. The van der Waals surface area contributed by atoms with Gasteiger partial charge in [0.05, 0.1) is 7.11 Å². The van der Waals surface area contributed by atoms with Crippen LogP contribution in [0.1, 0.15) is 11.4 Å². The maximum atomic E-state index is 9.92. The molecule has 2 rings (SSSR count). The third kappa shape index (κ3) is 1.86. The Kier molecular flexibility index (Phi) is 2.81. The van der Waals surface area contributed by atoms with Crippen molar-refractivity contribution in [1.29, 1.82) is 0 Å². The zero-order valence-electron chi connectivity index (χ0n) is 9.34. The smallest absolute Gasteiger partial charge is 0.161 e. The molecule has 0 fully saturated rings. The Bertz CT molecular complexity index is 492. The molecule has 1 heterocycles. The van der Waals surface area contributed by atoms with Crippen molar-refractivity contribution in [3.63, 3.8) is 0 Å². The predicted octanol–water partition coefficient (Wildman–Crippen LogP) is 1.73. The number of phenols is 1. The van der Waals surface area contributed by atoms with Crippen molar-refractivity contribution in [3.8, 4) is 11.5 Å². The summed E-state index contributed by atoms with van der Waals surface area (Å²) in [6.07, 6.45) is 4.21. The Morgan fingerprint density at radius 3 is 2.88 bits per heavy atom. The fraction of sp³-hybridized carbons (Fsp3) is 0.250.